The number of hydrogen-bond acceptors (Lipinski definition) is 5. The number of aromatic nitrogens is 1. The Bertz CT molecular complexity index is 759. The Kier molecular flexibility index (Phi) is 4.63. The second kappa shape index (κ2) is 7.07. The highest BCUT2D eigenvalue weighted by Crippen LogP contribution is 2.41. The highest BCUT2D eigenvalue weighted by Gasteiger charge is 2.54. The van der Waals surface area contributed by atoms with Crippen molar-refractivity contribution >= 4 is 5.91 Å². The van der Waals surface area contributed by atoms with Gasteiger partial charge in [-0.15, -0.1) is 0 Å². The second-order valence-electron chi connectivity index (χ2n) is 6.83. The molecule has 138 valence electrons. The van der Waals surface area contributed by atoms with E-state index >= 15 is 0 Å². The van der Waals surface area contributed by atoms with Crippen LogP contribution >= 0.6 is 0 Å². The normalized spacial score (nSPS) is 21.0. The van der Waals surface area contributed by atoms with Crippen LogP contribution in [0.15, 0.2) is 41.1 Å². The molecule has 2 saturated heterocycles. The highest BCUT2D eigenvalue weighted by molar-refractivity contribution is 5.79. The van der Waals surface area contributed by atoms with Gasteiger partial charge in [-0.1, -0.05) is 0 Å². The third-order valence-electron chi connectivity index (χ3n) is 5.20. The lowest BCUT2D eigenvalue weighted by Gasteiger charge is -2.50. The van der Waals surface area contributed by atoms with Crippen molar-refractivity contribution in [2.75, 3.05) is 26.3 Å². The summed E-state index contributed by atoms with van der Waals surface area (Å²) in [7, 11) is 0. The first-order chi connectivity index (χ1) is 12.7. The van der Waals surface area contributed by atoms with Crippen molar-refractivity contribution in [3.05, 3.63) is 48.3 Å². The van der Waals surface area contributed by atoms with Crippen molar-refractivity contribution in [3.63, 3.8) is 0 Å². The van der Waals surface area contributed by atoms with Crippen LogP contribution < -0.4 is 4.74 Å². The maximum atomic E-state index is 13.6. The zero-order valence-electron chi connectivity index (χ0n) is 14.4. The molecule has 0 N–H and O–H groups in total. The van der Waals surface area contributed by atoms with Gasteiger partial charge in [-0.2, -0.15) is 0 Å². The van der Waals surface area contributed by atoms with Gasteiger partial charge in [0.1, 0.15) is 11.4 Å². The molecule has 2 aromatic heterocycles. The molecule has 4 rings (SSSR count). The second-order valence-corrected chi connectivity index (χ2v) is 6.83. The van der Waals surface area contributed by atoms with E-state index in [-0.39, 0.29) is 23.8 Å². The molecule has 0 bridgehead atoms. The van der Waals surface area contributed by atoms with Crippen LogP contribution in [0, 0.1) is 11.7 Å². The molecule has 0 saturated carbocycles. The van der Waals surface area contributed by atoms with Gasteiger partial charge in [0.15, 0.2) is 5.82 Å². The van der Waals surface area contributed by atoms with Crippen LogP contribution in [0.5, 0.6) is 5.88 Å². The molecule has 0 radical (unpaired) electrons. The zero-order chi connectivity index (χ0) is 18.0. The third-order valence-corrected chi connectivity index (χ3v) is 5.20. The summed E-state index contributed by atoms with van der Waals surface area (Å²) in [4.78, 5) is 18.0. The number of nitrogens with zero attached hydrogens (tertiary/aromatic N) is 2. The van der Waals surface area contributed by atoms with Crippen LogP contribution in [-0.4, -0.2) is 47.7 Å². The molecule has 1 amide bonds. The van der Waals surface area contributed by atoms with E-state index in [4.69, 9.17) is 13.9 Å². The summed E-state index contributed by atoms with van der Waals surface area (Å²) in [5.41, 5.74) is -0.287. The predicted octanol–water partition coefficient (Wildman–Crippen LogP) is 2.44. The first kappa shape index (κ1) is 17.0. The van der Waals surface area contributed by atoms with E-state index in [1.54, 1.807) is 23.3 Å². The topological polar surface area (TPSA) is 64.8 Å². The molecular weight excluding hydrogens is 339 g/mol. The summed E-state index contributed by atoms with van der Waals surface area (Å²) in [5, 5.41) is 0. The lowest BCUT2D eigenvalue weighted by Crippen LogP contribution is -2.66. The molecule has 2 fully saturated rings. The molecule has 0 unspecified atom stereocenters. The summed E-state index contributed by atoms with van der Waals surface area (Å²) < 4.78 is 30.2. The lowest BCUT2D eigenvalue weighted by molar-refractivity contribution is -0.165. The minimum atomic E-state index is -0.455. The number of amides is 1. The molecule has 2 aromatic rings. The van der Waals surface area contributed by atoms with Gasteiger partial charge in [-0.05, 0) is 43.0 Å². The SMILES string of the molecule is O=C(Cc1ccco1)N1CC2(C1)OCC[C@@H]2CCOc1ncccc1F. The van der Waals surface area contributed by atoms with Crippen molar-refractivity contribution in [2.45, 2.75) is 24.9 Å². The molecule has 1 spiro atoms. The number of hydrogen-bond donors (Lipinski definition) is 0. The first-order valence-corrected chi connectivity index (χ1v) is 8.84. The largest absolute Gasteiger partial charge is 0.476 e. The van der Waals surface area contributed by atoms with Crippen LogP contribution in [0.4, 0.5) is 4.39 Å². The molecule has 2 aliphatic heterocycles. The van der Waals surface area contributed by atoms with E-state index in [0.29, 0.717) is 38.0 Å². The molecule has 4 heterocycles. The number of halogens is 1. The fourth-order valence-electron chi connectivity index (χ4n) is 3.77. The van der Waals surface area contributed by atoms with Crippen LogP contribution in [-0.2, 0) is 16.0 Å². The number of carbonyl (C=O) groups is 1. The van der Waals surface area contributed by atoms with Crippen LogP contribution in [0.25, 0.3) is 0 Å². The van der Waals surface area contributed by atoms with Gasteiger partial charge >= 0.3 is 0 Å². The number of pyridine rings is 1. The maximum absolute atomic E-state index is 13.6. The van der Waals surface area contributed by atoms with Crippen LogP contribution in [0.3, 0.4) is 0 Å². The summed E-state index contributed by atoms with van der Waals surface area (Å²) in [6.07, 6.45) is 5.02. The van der Waals surface area contributed by atoms with E-state index < -0.39 is 5.82 Å². The van der Waals surface area contributed by atoms with Gasteiger partial charge in [0.2, 0.25) is 11.8 Å². The van der Waals surface area contributed by atoms with Gasteiger partial charge in [0, 0.05) is 12.8 Å². The van der Waals surface area contributed by atoms with E-state index in [0.717, 1.165) is 12.8 Å². The highest BCUT2D eigenvalue weighted by atomic mass is 19.1. The van der Waals surface area contributed by atoms with Crippen molar-refractivity contribution in [1.82, 2.24) is 9.88 Å². The molecule has 7 heteroatoms. The lowest BCUT2D eigenvalue weighted by atomic mass is 9.79. The van der Waals surface area contributed by atoms with Crippen molar-refractivity contribution in [2.24, 2.45) is 5.92 Å². The van der Waals surface area contributed by atoms with E-state index in [9.17, 15) is 9.18 Å². The molecule has 0 aromatic carbocycles. The van der Waals surface area contributed by atoms with Gasteiger partial charge in [-0.3, -0.25) is 4.79 Å². The van der Waals surface area contributed by atoms with Gasteiger partial charge in [0.25, 0.3) is 0 Å². The molecule has 26 heavy (non-hydrogen) atoms. The Balaban J connectivity index is 1.28. The Labute approximate surface area is 150 Å². The Hall–Kier alpha value is -2.41. The van der Waals surface area contributed by atoms with Crippen molar-refractivity contribution in [1.29, 1.82) is 0 Å². The standard InChI is InChI=1S/C19H21FN2O4/c20-16-4-1-7-21-18(16)25-9-5-14-6-10-26-19(14)12-22(13-19)17(23)11-15-3-2-8-24-15/h1-4,7-8,14H,5-6,9-13H2/t14-/m0/s1. The third kappa shape index (κ3) is 3.31. The fourth-order valence-corrected chi connectivity index (χ4v) is 3.77. The first-order valence-electron chi connectivity index (χ1n) is 8.84. The number of likely N-dealkylation sites (tertiary alicyclic amines) is 1. The zero-order valence-corrected chi connectivity index (χ0v) is 14.4. The predicted molar refractivity (Wildman–Crippen MR) is 90.1 cm³/mol. The monoisotopic (exact) mass is 360 g/mol. The molecule has 6 nitrogen and oxygen atoms in total. The van der Waals surface area contributed by atoms with Crippen molar-refractivity contribution in [3.8, 4) is 5.88 Å². The van der Waals surface area contributed by atoms with Crippen LogP contribution in [0.2, 0.25) is 0 Å². The Morgan fingerprint density at radius 2 is 2.27 bits per heavy atom. The van der Waals surface area contributed by atoms with E-state index in [1.165, 1.54) is 18.3 Å². The maximum Gasteiger partial charge on any atom is 0.250 e. The molecule has 0 aliphatic carbocycles. The number of furan rings is 1. The minimum absolute atomic E-state index is 0.0318. The fraction of sp³-hybridized carbons (Fsp3) is 0.474. The summed E-state index contributed by atoms with van der Waals surface area (Å²) in [5.74, 6) is 0.590. The van der Waals surface area contributed by atoms with Gasteiger partial charge < -0.3 is 18.8 Å². The molecule has 2 aliphatic rings. The Morgan fingerprint density at radius 1 is 1.38 bits per heavy atom. The van der Waals surface area contributed by atoms with E-state index in [2.05, 4.69) is 4.98 Å². The van der Waals surface area contributed by atoms with Crippen molar-refractivity contribution < 1.29 is 23.1 Å². The summed E-state index contributed by atoms with van der Waals surface area (Å²) in [6.45, 7) is 2.25. The average molecular weight is 360 g/mol. The quantitative estimate of drug-likeness (QED) is 0.792. The van der Waals surface area contributed by atoms with E-state index in [1.807, 2.05) is 0 Å². The molecule has 1 atom stereocenters. The average Bonchev–Trinajstić information content (AvgIpc) is 3.24. The number of ether oxygens (including phenoxy) is 2. The Morgan fingerprint density at radius 3 is 3.04 bits per heavy atom. The van der Waals surface area contributed by atoms with Gasteiger partial charge in [-0.25, -0.2) is 9.37 Å². The van der Waals surface area contributed by atoms with Gasteiger partial charge in [0.05, 0.1) is 32.4 Å². The van der Waals surface area contributed by atoms with Crippen LogP contribution in [0.1, 0.15) is 18.6 Å². The molecular formula is C19H21FN2O4. The summed E-state index contributed by atoms with van der Waals surface area (Å²) in [6, 6.07) is 6.44. The number of rotatable bonds is 6. The minimum Gasteiger partial charge on any atom is -0.476 e. The summed E-state index contributed by atoms with van der Waals surface area (Å²) >= 11 is 0. The number of carbonyl (C=O) groups excluding carboxylic acids is 1. The smallest absolute Gasteiger partial charge is 0.250 e.